The molecule has 0 fully saturated rings. The lowest BCUT2D eigenvalue weighted by Gasteiger charge is -2.16. The summed E-state index contributed by atoms with van der Waals surface area (Å²) < 4.78 is 1.82. The zero-order valence-corrected chi connectivity index (χ0v) is 12.5. The molecule has 5 heteroatoms. The second kappa shape index (κ2) is 6.42. The van der Waals surface area contributed by atoms with E-state index in [4.69, 9.17) is 23.2 Å². The highest BCUT2D eigenvalue weighted by molar-refractivity contribution is 6.35. The molecule has 1 atom stereocenters. The van der Waals surface area contributed by atoms with Gasteiger partial charge in [0, 0.05) is 29.3 Å². The molecule has 1 aromatic carbocycles. The molecule has 1 N–H and O–H groups in total. The highest BCUT2D eigenvalue weighted by atomic mass is 35.5. The van der Waals surface area contributed by atoms with E-state index in [1.54, 1.807) is 6.07 Å². The van der Waals surface area contributed by atoms with Crippen molar-refractivity contribution in [2.45, 2.75) is 18.9 Å². The number of likely N-dealkylation sites (N-methyl/N-ethyl adjacent to an activating group) is 1. The molecular weight excluding hydrogens is 281 g/mol. The molecule has 0 radical (unpaired) electrons. The molecule has 0 spiro atoms. The van der Waals surface area contributed by atoms with Crippen LogP contribution in [0.3, 0.4) is 0 Å². The smallest absolute Gasteiger partial charge is 0.0522 e. The van der Waals surface area contributed by atoms with Crippen LogP contribution in [0.15, 0.2) is 30.6 Å². The van der Waals surface area contributed by atoms with Gasteiger partial charge in [0.2, 0.25) is 0 Å². The van der Waals surface area contributed by atoms with Gasteiger partial charge in [-0.25, -0.2) is 0 Å². The molecule has 19 heavy (non-hydrogen) atoms. The Kier molecular flexibility index (Phi) is 4.86. The highest BCUT2D eigenvalue weighted by Crippen LogP contribution is 2.22. The first-order valence-corrected chi connectivity index (χ1v) is 6.93. The number of aromatic nitrogens is 2. The quantitative estimate of drug-likeness (QED) is 0.919. The van der Waals surface area contributed by atoms with E-state index in [1.807, 2.05) is 43.3 Å². The van der Waals surface area contributed by atoms with E-state index in [-0.39, 0.29) is 0 Å². The van der Waals surface area contributed by atoms with Crippen molar-refractivity contribution in [1.82, 2.24) is 15.1 Å². The SMILES string of the molecule is CNC(Cc1cnn(C)c1)Cc1ccc(Cl)cc1Cl. The summed E-state index contributed by atoms with van der Waals surface area (Å²) in [7, 11) is 3.89. The second-order valence-corrected chi connectivity index (χ2v) is 5.50. The molecule has 0 amide bonds. The number of rotatable bonds is 5. The first kappa shape index (κ1) is 14.4. The Labute approximate surface area is 123 Å². The molecule has 0 saturated carbocycles. The van der Waals surface area contributed by atoms with Gasteiger partial charge < -0.3 is 5.32 Å². The lowest BCUT2D eigenvalue weighted by molar-refractivity contribution is 0.556. The summed E-state index contributed by atoms with van der Waals surface area (Å²) in [5, 5.41) is 8.90. The maximum absolute atomic E-state index is 6.21. The van der Waals surface area contributed by atoms with Crippen molar-refractivity contribution in [3.8, 4) is 0 Å². The summed E-state index contributed by atoms with van der Waals surface area (Å²) in [5.41, 5.74) is 2.32. The zero-order valence-electron chi connectivity index (χ0n) is 11.0. The minimum atomic E-state index is 0.322. The zero-order chi connectivity index (χ0) is 13.8. The fourth-order valence-corrected chi connectivity index (χ4v) is 2.58. The lowest BCUT2D eigenvalue weighted by atomic mass is 10.0. The first-order valence-electron chi connectivity index (χ1n) is 6.17. The van der Waals surface area contributed by atoms with E-state index in [0.29, 0.717) is 11.1 Å². The molecular formula is C14H17Cl2N3. The fraction of sp³-hybridized carbons (Fsp3) is 0.357. The van der Waals surface area contributed by atoms with Crippen molar-refractivity contribution in [3.63, 3.8) is 0 Å². The average Bonchev–Trinajstić information content (AvgIpc) is 2.77. The van der Waals surface area contributed by atoms with Gasteiger partial charge in [-0.1, -0.05) is 29.3 Å². The van der Waals surface area contributed by atoms with Crippen LogP contribution in [0, 0.1) is 0 Å². The van der Waals surface area contributed by atoms with Crippen LogP contribution in [0.4, 0.5) is 0 Å². The molecule has 2 aromatic rings. The minimum Gasteiger partial charge on any atom is -0.316 e. The third-order valence-corrected chi connectivity index (χ3v) is 3.72. The second-order valence-electron chi connectivity index (χ2n) is 4.65. The van der Waals surface area contributed by atoms with E-state index in [9.17, 15) is 0 Å². The van der Waals surface area contributed by atoms with Gasteiger partial charge in [0.15, 0.2) is 0 Å². The predicted octanol–water partition coefficient (Wildman–Crippen LogP) is 3.10. The molecule has 0 bridgehead atoms. The molecule has 2 rings (SSSR count). The van der Waals surface area contributed by atoms with E-state index in [1.165, 1.54) is 5.56 Å². The van der Waals surface area contributed by atoms with E-state index >= 15 is 0 Å². The number of halogens is 2. The normalized spacial score (nSPS) is 12.6. The van der Waals surface area contributed by atoms with Gasteiger partial charge in [0.1, 0.15) is 0 Å². The van der Waals surface area contributed by atoms with E-state index in [2.05, 4.69) is 10.4 Å². The molecule has 0 aliphatic heterocycles. The summed E-state index contributed by atoms with van der Waals surface area (Å²) in [5.74, 6) is 0. The lowest BCUT2D eigenvalue weighted by Crippen LogP contribution is -2.29. The van der Waals surface area contributed by atoms with Crippen LogP contribution in [0.5, 0.6) is 0 Å². The molecule has 1 unspecified atom stereocenters. The molecule has 0 saturated heterocycles. The average molecular weight is 298 g/mol. The maximum Gasteiger partial charge on any atom is 0.0522 e. The van der Waals surface area contributed by atoms with Gasteiger partial charge in [0.25, 0.3) is 0 Å². The molecule has 102 valence electrons. The number of nitrogens with one attached hydrogen (secondary N) is 1. The molecule has 3 nitrogen and oxygen atoms in total. The molecule has 0 aliphatic rings. The van der Waals surface area contributed by atoms with E-state index < -0.39 is 0 Å². The Bertz CT molecular complexity index is 551. The molecule has 0 aliphatic carbocycles. The summed E-state index contributed by atoms with van der Waals surface area (Å²) in [4.78, 5) is 0. The molecule has 1 aromatic heterocycles. The van der Waals surface area contributed by atoms with Gasteiger partial charge in [-0.2, -0.15) is 5.10 Å². The Morgan fingerprint density at radius 1 is 1.32 bits per heavy atom. The van der Waals surface area contributed by atoms with Crippen LogP contribution < -0.4 is 5.32 Å². The largest absolute Gasteiger partial charge is 0.316 e. The monoisotopic (exact) mass is 297 g/mol. The maximum atomic E-state index is 6.21. The van der Waals surface area contributed by atoms with Gasteiger partial charge >= 0.3 is 0 Å². The predicted molar refractivity (Wildman–Crippen MR) is 79.9 cm³/mol. The summed E-state index contributed by atoms with van der Waals surface area (Å²) in [6.45, 7) is 0. The van der Waals surface area contributed by atoms with Crippen molar-refractivity contribution in [2.24, 2.45) is 7.05 Å². The van der Waals surface area contributed by atoms with Crippen molar-refractivity contribution in [1.29, 1.82) is 0 Å². The summed E-state index contributed by atoms with van der Waals surface area (Å²) >= 11 is 12.1. The van der Waals surface area contributed by atoms with Gasteiger partial charge in [-0.15, -0.1) is 0 Å². The van der Waals surface area contributed by atoms with Crippen LogP contribution in [0.2, 0.25) is 10.0 Å². The third-order valence-electron chi connectivity index (χ3n) is 3.13. The van der Waals surface area contributed by atoms with Crippen molar-refractivity contribution in [2.75, 3.05) is 7.05 Å². The number of benzene rings is 1. The minimum absolute atomic E-state index is 0.322. The van der Waals surface area contributed by atoms with Crippen LogP contribution >= 0.6 is 23.2 Å². The Morgan fingerprint density at radius 3 is 2.68 bits per heavy atom. The summed E-state index contributed by atoms with van der Waals surface area (Å²) in [6, 6.07) is 5.97. The summed E-state index contributed by atoms with van der Waals surface area (Å²) in [6.07, 6.45) is 5.71. The molecule has 1 heterocycles. The number of nitrogens with zero attached hydrogens (tertiary/aromatic N) is 2. The van der Waals surface area contributed by atoms with Gasteiger partial charge in [0.05, 0.1) is 6.20 Å². The van der Waals surface area contributed by atoms with Crippen molar-refractivity contribution < 1.29 is 0 Å². The van der Waals surface area contributed by atoms with Crippen molar-refractivity contribution >= 4 is 23.2 Å². The number of aryl methyl sites for hydroxylation is 1. The number of hydrogen-bond acceptors (Lipinski definition) is 2. The first-order chi connectivity index (χ1) is 9.08. The van der Waals surface area contributed by atoms with Gasteiger partial charge in [-0.05, 0) is 43.1 Å². The van der Waals surface area contributed by atoms with E-state index in [0.717, 1.165) is 23.4 Å². The van der Waals surface area contributed by atoms with Crippen LogP contribution in [0.25, 0.3) is 0 Å². The topological polar surface area (TPSA) is 29.9 Å². The number of hydrogen-bond donors (Lipinski definition) is 1. The fourth-order valence-electron chi connectivity index (χ4n) is 2.09. The Morgan fingerprint density at radius 2 is 2.11 bits per heavy atom. The Hall–Kier alpha value is -1.03. The van der Waals surface area contributed by atoms with Crippen molar-refractivity contribution in [3.05, 3.63) is 51.8 Å². The third kappa shape index (κ3) is 3.96. The highest BCUT2D eigenvalue weighted by Gasteiger charge is 2.12. The standard InChI is InChI=1S/C14H17Cl2N3/c1-17-13(5-10-8-18-19(2)9-10)6-11-3-4-12(15)7-14(11)16/h3-4,7-9,13,17H,5-6H2,1-2H3. The van der Waals surface area contributed by atoms with Crippen LogP contribution in [-0.2, 0) is 19.9 Å². The van der Waals surface area contributed by atoms with Crippen LogP contribution in [-0.4, -0.2) is 22.9 Å². The van der Waals surface area contributed by atoms with Crippen LogP contribution in [0.1, 0.15) is 11.1 Å². The van der Waals surface area contributed by atoms with Gasteiger partial charge in [-0.3, -0.25) is 4.68 Å². The Balaban J connectivity index is 2.06.